The van der Waals surface area contributed by atoms with E-state index in [1.165, 1.54) is 0 Å². The minimum Gasteiger partial charge on any atom is -0.441 e. The molecule has 1 saturated carbocycles. The fourth-order valence-electron chi connectivity index (χ4n) is 3.24. The van der Waals surface area contributed by atoms with Gasteiger partial charge in [0.1, 0.15) is 5.60 Å². The third-order valence-electron chi connectivity index (χ3n) is 5.30. The van der Waals surface area contributed by atoms with Gasteiger partial charge < -0.3 is 15.4 Å². The van der Waals surface area contributed by atoms with E-state index in [-0.39, 0.29) is 10.8 Å². The molecule has 1 amide bonds. The summed E-state index contributed by atoms with van der Waals surface area (Å²) < 4.78 is 5.58. The molecule has 0 bridgehead atoms. The number of amides is 1. The van der Waals surface area contributed by atoms with Gasteiger partial charge in [0.2, 0.25) is 0 Å². The Hall–Kier alpha value is -1.78. The topological polar surface area (TPSA) is 68.5 Å². The molecule has 1 aromatic heterocycles. The van der Waals surface area contributed by atoms with Crippen LogP contribution in [-0.4, -0.2) is 30.3 Å². The summed E-state index contributed by atoms with van der Waals surface area (Å²) in [6.45, 7) is 11.2. The lowest BCUT2D eigenvalue weighted by atomic mass is 9.76. The fraction of sp³-hybridized carbons (Fsp3) is 0.647. The molecule has 1 aliphatic carbocycles. The Morgan fingerprint density at radius 1 is 1.45 bits per heavy atom. The molecule has 0 aromatic carbocycles. The second-order valence-corrected chi connectivity index (χ2v) is 7.69. The summed E-state index contributed by atoms with van der Waals surface area (Å²) in [5, 5.41) is 0. The van der Waals surface area contributed by atoms with Gasteiger partial charge in [-0.1, -0.05) is 27.7 Å². The number of hydrogen-bond donors (Lipinski definition) is 1. The zero-order valence-corrected chi connectivity index (χ0v) is 14.4. The Kier molecular flexibility index (Phi) is 3.88. The highest BCUT2D eigenvalue weighted by Crippen LogP contribution is 2.67. The van der Waals surface area contributed by atoms with Crippen molar-refractivity contribution >= 4 is 11.8 Å². The van der Waals surface area contributed by atoms with Crippen molar-refractivity contribution in [3.8, 4) is 0 Å². The molecule has 1 heterocycles. The second kappa shape index (κ2) is 5.14. The lowest BCUT2D eigenvalue weighted by Gasteiger charge is -2.35. The van der Waals surface area contributed by atoms with Gasteiger partial charge in [0.25, 0.3) is 0 Å². The Bertz CT molecular complexity index is 564. The van der Waals surface area contributed by atoms with Crippen LogP contribution in [0.3, 0.4) is 0 Å². The predicted octanol–water partition coefficient (Wildman–Crippen LogP) is 3.12. The number of aromatic nitrogens is 1. The molecule has 5 heteroatoms. The van der Waals surface area contributed by atoms with Gasteiger partial charge in [-0.15, -0.1) is 0 Å². The van der Waals surface area contributed by atoms with Crippen LogP contribution in [0, 0.1) is 17.8 Å². The van der Waals surface area contributed by atoms with Crippen molar-refractivity contribution in [2.24, 2.45) is 16.6 Å². The summed E-state index contributed by atoms with van der Waals surface area (Å²) in [7, 11) is 1.99. The number of nitrogens with zero attached hydrogens (tertiary/aromatic N) is 2. The number of aryl methyl sites for hydroxylation is 1. The average Bonchev–Trinajstić information content (AvgIpc) is 2.94. The molecule has 1 aliphatic rings. The normalized spacial score (nSPS) is 27.4. The third-order valence-corrected chi connectivity index (χ3v) is 5.30. The van der Waals surface area contributed by atoms with Gasteiger partial charge in [0, 0.05) is 18.2 Å². The van der Waals surface area contributed by atoms with Gasteiger partial charge in [0.15, 0.2) is 0 Å². The van der Waals surface area contributed by atoms with Crippen molar-refractivity contribution in [3.63, 3.8) is 0 Å². The second-order valence-electron chi connectivity index (χ2n) is 7.69. The summed E-state index contributed by atoms with van der Waals surface area (Å²) in [6, 6.07) is 4.00. The molecule has 0 aliphatic heterocycles. The maximum Gasteiger partial charge on any atom is 0.405 e. The number of carbonyl (C=O) groups excluding carboxylic acids is 1. The standard InChI is InChI=1S/C17H27N3O2/c1-12-7-8-13(9-19-12)20(6)11-17(22-14(18)21)10-16(17,5)15(2,3)4/h7-9H,10-11H2,1-6H3,(H2,18,21). The van der Waals surface area contributed by atoms with Crippen LogP contribution in [0.4, 0.5) is 10.5 Å². The van der Waals surface area contributed by atoms with Crippen molar-refractivity contribution in [1.29, 1.82) is 0 Å². The van der Waals surface area contributed by atoms with Crippen molar-refractivity contribution in [1.82, 2.24) is 4.98 Å². The van der Waals surface area contributed by atoms with Crippen molar-refractivity contribution < 1.29 is 9.53 Å². The minimum atomic E-state index is -0.705. The highest BCUT2D eigenvalue weighted by Gasteiger charge is 2.72. The molecule has 122 valence electrons. The smallest absolute Gasteiger partial charge is 0.405 e. The molecule has 1 aromatic rings. The molecule has 2 atom stereocenters. The van der Waals surface area contributed by atoms with E-state index in [2.05, 4.69) is 37.6 Å². The van der Waals surface area contributed by atoms with Crippen LogP contribution >= 0.6 is 0 Å². The quantitative estimate of drug-likeness (QED) is 0.928. The Balaban J connectivity index is 2.22. The maximum absolute atomic E-state index is 11.4. The molecule has 1 fully saturated rings. The predicted molar refractivity (Wildman–Crippen MR) is 87.8 cm³/mol. The number of hydrogen-bond acceptors (Lipinski definition) is 4. The van der Waals surface area contributed by atoms with Crippen LogP contribution in [-0.2, 0) is 4.74 Å². The number of rotatable bonds is 4. The first-order valence-corrected chi connectivity index (χ1v) is 7.63. The van der Waals surface area contributed by atoms with Gasteiger partial charge >= 0.3 is 6.09 Å². The molecule has 2 unspecified atom stereocenters. The van der Waals surface area contributed by atoms with E-state index in [4.69, 9.17) is 10.5 Å². The van der Waals surface area contributed by atoms with E-state index >= 15 is 0 Å². The molecule has 2 rings (SSSR count). The maximum atomic E-state index is 11.4. The van der Waals surface area contributed by atoms with E-state index in [1.807, 2.05) is 32.3 Å². The zero-order valence-electron chi connectivity index (χ0n) is 14.4. The van der Waals surface area contributed by atoms with Gasteiger partial charge in [-0.2, -0.15) is 0 Å². The Labute approximate surface area is 132 Å². The van der Waals surface area contributed by atoms with Crippen molar-refractivity contribution in [2.45, 2.75) is 46.6 Å². The van der Waals surface area contributed by atoms with Crippen LogP contribution in [0.15, 0.2) is 18.3 Å². The molecule has 0 spiro atoms. The van der Waals surface area contributed by atoms with E-state index in [0.717, 1.165) is 17.8 Å². The van der Waals surface area contributed by atoms with E-state index in [1.54, 1.807) is 0 Å². The van der Waals surface area contributed by atoms with Gasteiger partial charge in [-0.3, -0.25) is 4.98 Å². The van der Waals surface area contributed by atoms with Crippen LogP contribution in [0.2, 0.25) is 0 Å². The van der Waals surface area contributed by atoms with Gasteiger partial charge in [0.05, 0.1) is 18.4 Å². The number of likely N-dealkylation sites (N-methyl/N-ethyl adjacent to an activating group) is 1. The van der Waals surface area contributed by atoms with Crippen LogP contribution in [0.25, 0.3) is 0 Å². The van der Waals surface area contributed by atoms with Crippen molar-refractivity contribution in [2.75, 3.05) is 18.5 Å². The summed E-state index contributed by atoms with van der Waals surface area (Å²) >= 11 is 0. The average molecular weight is 305 g/mol. The monoisotopic (exact) mass is 305 g/mol. The molecule has 5 nitrogen and oxygen atoms in total. The SMILES string of the molecule is Cc1ccc(N(C)CC2(OC(N)=O)CC2(C)C(C)(C)C)cn1. The third kappa shape index (κ3) is 2.76. The number of nitrogens with two attached hydrogens (primary N) is 1. The number of pyridine rings is 1. The summed E-state index contributed by atoms with van der Waals surface area (Å²) in [4.78, 5) is 17.8. The summed E-state index contributed by atoms with van der Waals surface area (Å²) in [6.07, 6.45) is 1.95. The largest absolute Gasteiger partial charge is 0.441 e. The number of anilines is 1. The van der Waals surface area contributed by atoms with Gasteiger partial charge in [-0.05, 0) is 30.9 Å². The highest BCUT2D eigenvalue weighted by molar-refractivity contribution is 5.66. The zero-order chi connectivity index (χ0) is 16.8. The Morgan fingerprint density at radius 2 is 2.09 bits per heavy atom. The van der Waals surface area contributed by atoms with Crippen LogP contribution in [0.1, 0.15) is 39.8 Å². The van der Waals surface area contributed by atoms with Crippen molar-refractivity contribution in [3.05, 3.63) is 24.0 Å². The van der Waals surface area contributed by atoms with E-state index in [9.17, 15) is 4.79 Å². The number of ether oxygens (including phenoxy) is 1. The lowest BCUT2D eigenvalue weighted by molar-refractivity contribution is 0.0361. The molecule has 2 N–H and O–H groups in total. The summed E-state index contributed by atoms with van der Waals surface area (Å²) in [5.74, 6) is 0. The van der Waals surface area contributed by atoms with Gasteiger partial charge in [-0.25, -0.2) is 4.79 Å². The van der Waals surface area contributed by atoms with E-state index in [0.29, 0.717) is 6.54 Å². The molecule has 22 heavy (non-hydrogen) atoms. The van der Waals surface area contributed by atoms with Crippen LogP contribution < -0.4 is 10.6 Å². The molecule has 0 radical (unpaired) electrons. The summed E-state index contributed by atoms with van der Waals surface area (Å²) in [5.41, 5.74) is 6.69. The van der Waals surface area contributed by atoms with E-state index < -0.39 is 11.7 Å². The van der Waals surface area contributed by atoms with Crippen LogP contribution in [0.5, 0.6) is 0 Å². The minimum absolute atomic E-state index is 0.0226. The Morgan fingerprint density at radius 3 is 2.50 bits per heavy atom. The first kappa shape index (κ1) is 16.6. The lowest BCUT2D eigenvalue weighted by Crippen LogP contribution is -2.43. The molecule has 0 saturated heterocycles. The number of primary amides is 1. The first-order chi connectivity index (χ1) is 10.0. The first-order valence-electron chi connectivity index (χ1n) is 7.63. The molecular formula is C17H27N3O2. The highest BCUT2D eigenvalue weighted by atomic mass is 16.6. The molecular weight excluding hydrogens is 278 g/mol. The number of carbonyl (C=O) groups is 1. The fourth-order valence-corrected chi connectivity index (χ4v) is 3.24.